The third-order valence-electron chi connectivity index (χ3n) is 5.05. The van der Waals surface area contributed by atoms with Gasteiger partial charge in [-0.05, 0) is 44.1 Å². The molecule has 112 valence electrons. The predicted octanol–water partition coefficient (Wildman–Crippen LogP) is 4.14. The Bertz CT molecular complexity index is 217. The van der Waals surface area contributed by atoms with Crippen LogP contribution in [0.2, 0.25) is 0 Å². The highest BCUT2D eigenvalue weighted by Gasteiger charge is 2.26. The van der Waals surface area contributed by atoms with E-state index in [4.69, 9.17) is 4.74 Å². The Hall–Kier alpha value is -0.0800. The van der Waals surface area contributed by atoms with Gasteiger partial charge in [-0.2, -0.15) is 0 Å². The molecule has 1 aliphatic carbocycles. The van der Waals surface area contributed by atoms with E-state index >= 15 is 0 Å². The van der Waals surface area contributed by atoms with Crippen LogP contribution < -0.4 is 5.32 Å². The van der Waals surface area contributed by atoms with Crippen molar-refractivity contribution in [2.24, 2.45) is 11.8 Å². The van der Waals surface area contributed by atoms with E-state index in [1.54, 1.807) is 0 Å². The summed E-state index contributed by atoms with van der Waals surface area (Å²) in [5.74, 6) is 1.85. The summed E-state index contributed by atoms with van der Waals surface area (Å²) in [6, 6.07) is 0.756. The Kier molecular flexibility index (Phi) is 7.23. The molecule has 1 unspecified atom stereocenters. The second-order valence-electron chi connectivity index (χ2n) is 6.60. The first kappa shape index (κ1) is 15.3. The SMILES string of the molecule is CCCNC(CC1CCCCCC1)C1CCOCC1. The Morgan fingerprint density at radius 3 is 2.32 bits per heavy atom. The first-order chi connectivity index (χ1) is 9.40. The van der Waals surface area contributed by atoms with E-state index in [0.717, 1.165) is 31.1 Å². The van der Waals surface area contributed by atoms with Crippen molar-refractivity contribution in [1.29, 1.82) is 0 Å². The minimum absolute atomic E-state index is 0.756. The van der Waals surface area contributed by atoms with E-state index < -0.39 is 0 Å². The molecule has 1 heterocycles. The highest BCUT2D eigenvalue weighted by Crippen LogP contribution is 2.30. The maximum absolute atomic E-state index is 5.54. The molecular weight excluding hydrogens is 234 g/mol. The van der Waals surface area contributed by atoms with E-state index in [-0.39, 0.29) is 0 Å². The fourth-order valence-corrected chi connectivity index (χ4v) is 3.85. The summed E-state index contributed by atoms with van der Waals surface area (Å²) in [6.45, 7) is 5.44. The van der Waals surface area contributed by atoms with Crippen LogP contribution in [0.3, 0.4) is 0 Å². The Morgan fingerprint density at radius 2 is 1.68 bits per heavy atom. The molecule has 2 fully saturated rings. The second-order valence-corrected chi connectivity index (χ2v) is 6.60. The fourth-order valence-electron chi connectivity index (χ4n) is 3.85. The Balaban J connectivity index is 1.83. The first-order valence-corrected chi connectivity index (χ1v) is 8.71. The van der Waals surface area contributed by atoms with Crippen molar-refractivity contribution < 1.29 is 4.74 Å². The van der Waals surface area contributed by atoms with Crippen LogP contribution in [0.25, 0.3) is 0 Å². The Morgan fingerprint density at radius 1 is 1.00 bits per heavy atom. The van der Waals surface area contributed by atoms with Crippen molar-refractivity contribution in [3.63, 3.8) is 0 Å². The molecule has 0 aromatic heterocycles. The van der Waals surface area contributed by atoms with Crippen molar-refractivity contribution >= 4 is 0 Å². The molecule has 0 aromatic carbocycles. The largest absolute Gasteiger partial charge is 0.381 e. The molecule has 0 spiro atoms. The lowest BCUT2D eigenvalue weighted by Crippen LogP contribution is -2.40. The lowest BCUT2D eigenvalue weighted by atomic mass is 9.83. The smallest absolute Gasteiger partial charge is 0.0469 e. The highest BCUT2D eigenvalue weighted by atomic mass is 16.5. The van der Waals surface area contributed by atoms with Crippen LogP contribution in [-0.2, 0) is 4.74 Å². The lowest BCUT2D eigenvalue weighted by molar-refractivity contribution is 0.0497. The van der Waals surface area contributed by atoms with Gasteiger partial charge in [-0.3, -0.25) is 0 Å². The maximum Gasteiger partial charge on any atom is 0.0469 e. The standard InChI is InChI=1S/C17H33NO/c1-2-11-18-17(16-9-12-19-13-10-16)14-15-7-5-3-4-6-8-15/h15-18H,2-14H2,1H3. The number of rotatable bonds is 6. The molecule has 2 rings (SSSR count). The van der Waals surface area contributed by atoms with Gasteiger partial charge in [-0.1, -0.05) is 45.4 Å². The van der Waals surface area contributed by atoms with Gasteiger partial charge < -0.3 is 10.1 Å². The van der Waals surface area contributed by atoms with Gasteiger partial charge in [0.05, 0.1) is 0 Å². The average molecular weight is 267 g/mol. The van der Waals surface area contributed by atoms with Crippen molar-refractivity contribution in [3.8, 4) is 0 Å². The van der Waals surface area contributed by atoms with E-state index in [2.05, 4.69) is 12.2 Å². The van der Waals surface area contributed by atoms with E-state index in [9.17, 15) is 0 Å². The number of hydrogen-bond donors (Lipinski definition) is 1. The summed E-state index contributed by atoms with van der Waals surface area (Å²) in [5.41, 5.74) is 0. The van der Waals surface area contributed by atoms with Gasteiger partial charge in [-0.25, -0.2) is 0 Å². The maximum atomic E-state index is 5.54. The number of ether oxygens (including phenoxy) is 1. The zero-order chi connectivity index (χ0) is 13.3. The summed E-state index contributed by atoms with van der Waals surface area (Å²) in [5, 5.41) is 3.85. The minimum atomic E-state index is 0.756. The van der Waals surface area contributed by atoms with Crippen LogP contribution in [0, 0.1) is 11.8 Å². The first-order valence-electron chi connectivity index (χ1n) is 8.71. The van der Waals surface area contributed by atoms with Crippen LogP contribution in [0.15, 0.2) is 0 Å². The molecule has 1 aliphatic heterocycles. The molecule has 0 bridgehead atoms. The molecule has 0 radical (unpaired) electrons. The minimum Gasteiger partial charge on any atom is -0.381 e. The molecule has 1 atom stereocenters. The molecule has 1 saturated heterocycles. The van der Waals surface area contributed by atoms with Crippen LogP contribution in [0.1, 0.15) is 71.1 Å². The van der Waals surface area contributed by atoms with Gasteiger partial charge >= 0.3 is 0 Å². The van der Waals surface area contributed by atoms with Gasteiger partial charge in [0.15, 0.2) is 0 Å². The third kappa shape index (κ3) is 5.43. The topological polar surface area (TPSA) is 21.3 Å². The van der Waals surface area contributed by atoms with Crippen LogP contribution in [0.5, 0.6) is 0 Å². The van der Waals surface area contributed by atoms with Gasteiger partial charge in [0.2, 0.25) is 0 Å². The van der Waals surface area contributed by atoms with Gasteiger partial charge in [0.1, 0.15) is 0 Å². The van der Waals surface area contributed by atoms with E-state index in [1.807, 2.05) is 0 Å². The number of hydrogen-bond acceptors (Lipinski definition) is 2. The molecule has 19 heavy (non-hydrogen) atoms. The van der Waals surface area contributed by atoms with Crippen molar-refractivity contribution in [2.45, 2.75) is 77.2 Å². The molecule has 1 N–H and O–H groups in total. The monoisotopic (exact) mass is 267 g/mol. The summed E-state index contributed by atoms with van der Waals surface area (Å²) in [7, 11) is 0. The van der Waals surface area contributed by atoms with Crippen LogP contribution >= 0.6 is 0 Å². The van der Waals surface area contributed by atoms with Gasteiger partial charge in [-0.15, -0.1) is 0 Å². The Labute approximate surface area is 119 Å². The molecular formula is C17H33NO. The van der Waals surface area contributed by atoms with Gasteiger partial charge in [0, 0.05) is 19.3 Å². The summed E-state index contributed by atoms with van der Waals surface area (Å²) < 4.78 is 5.54. The van der Waals surface area contributed by atoms with Crippen LogP contribution in [0.4, 0.5) is 0 Å². The van der Waals surface area contributed by atoms with Crippen molar-refractivity contribution in [3.05, 3.63) is 0 Å². The average Bonchev–Trinajstić information content (AvgIpc) is 2.73. The van der Waals surface area contributed by atoms with Crippen molar-refractivity contribution in [2.75, 3.05) is 19.8 Å². The number of nitrogens with one attached hydrogen (secondary N) is 1. The summed E-state index contributed by atoms with van der Waals surface area (Å²) >= 11 is 0. The van der Waals surface area contributed by atoms with E-state index in [0.29, 0.717) is 0 Å². The fraction of sp³-hybridized carbons (Fsp3) is 1.00. The van der Waals surface area contributed by atoms with E-state index in [1.165, 1.54) is 70.8 Å². The zero-order valence-corrected chi connectivity index (χ0v) is 12.8. The molecule has 1 saturated carbocycles. The highest BCUT2D eigenvalue weighted by molar-refractivity contribution is 4.81. The molecule has 2 aliphatic rings. The predicted molar refractivity (Wildman–Crippen MR) is 81.4 cm³/mol. The molecule has 0 amide bonds. The molecule has 2 heteroatoms. The quantitative estimate of drug-likeness (QED) is 0.730. The zero-order valence-electron chi connectivity index (χ0n) is 12.8. The third-order valence-corrected chi connectivity index (χ3v) is 5.05. The van der Waals surface area contributed by atoms with Crippen LogP contribution in [-0.4, -0.2) is 25.8 Å². The van der Waals surface area contributed by atoms with Gasteiger partial charge in [0.25, 0.3) is 0 Å². The second kappa shape index (κ2) is 8.97. The molecule has 0 aromatic rings. The summed E-state index contributed by atoms with van der Waals surface area (Å²) in [4.78, 5) is 0. The lowest BCUT2D eigenvalue weighted by Gasteiger charge is -2.33. The summed E-state index contributed by atoms with van der Waals surface area (Å²) in [6.07, 6.45) is 14.1. The normalized spacial score (nSPS) is 25.1. The molecule has 2 nitrogen and oxygen atoms in total. The van der Waals surface area contributed by atoms with Crippen molar-refractivity contribution in [1.82, 2.24) is 5.32 Å².